The summed E-state index contributed by atoms with van der Waals surface area (Å²) in [4.78, 5) is 1.93. The molecule has 2 N–H and O–H groups in total. The molecule has 2 rings (SSSR count). The van der Waals surface area contributed by atoms with E-state index in [0.29, 0.717) is 23.7 Å². The summed E-state index contributed by atoms with van der Waals surface area (Å²) in [5.74, 6) is 0.763. The second-order valence-corrected chi connectivity index (χ2v) is 4.31. The smallest absolute Gasteiger partial charge is 0.132 e. The molecule has 90 valence electrons. The Balaban J connectivity index is 2.19. The number of amidine groups is 1. The van der Waals surface area contributed by atoms with Crippen LogP contribution in [0, 0.1) is 5.41 Å². The molecule has 1 aliphatic heterocycles. The summed E-state index contributed by atoms with van der Waals surface area (Å²) in [7, 11) is 0. The number of unbranched alkanes of at least 4 members (excludes halogenated alkanes) is 1. The van der Waals surface area contributed by atoms with Crippen LogP contribution in [0.3, 0.4) is 0 Å². The zero-order valence-corrected chi connectivity index (χ0v) is 10.1. The minimum atomic E-state index is 0.317. The van der Waals surface area contributed by atoms with Gasteiger partial charge in [0.2, 0.25) is 0 Å². The molecule has 0 saturated heterocycles. The predicted octanol–water partition coefficient (Wildman–Crippen LogP) is 3.05. The number of benzene rings is 1. The van der Waals surface area contributed by atoms with Crippen molar-refractivity contribution in [3.8, 4) is 0 Å². The van der Waals surface area contributed by atoms with Crippen LogP contribution in [0.4, 0.5) is 0 Å². The summed E-state index contributed by atoms with van der Waals surface area (Å²) >= 11 is 0. The van der Waals surface area contributed by atoms with Crippen LogP contribution in [0.5, 0.6) is 0 Å². The molecule has 17 heavy (non-hydrogen) atoms. The van der Waals surface area contributed by atoms with Gasteiger partial charge in [-0.15, -0.1) is 0 Å². The topological polar surface area (TPSA) is 47.3 Å². The molecule has 0 unspecified atom stereocenters. The van der Waals surface area contributed by atoms with Gasteiger partial charge in [-0.2, -0.15) is 0 Å². The van der Waals surface area contributed by atoms with Crippen molar-refractivity contribution in [2.45, 2.75) is 19.8 Å². The third-order valence-electron chi connectivity index (χ3n) is 3.03. The van der Waals surface area contributed by atoms with E-state index in [0.717, 1.165) is 24.9 Å². The summed E-state index contributed by atoms with van der Waals surface area (Å²) in [5, 5.41) is 18.1. The first kappa shape index (κ1) is 11.7. The molecule has 3 heteroatoms. The van der Waals surface area contributed by atoms with E-state index >= 15 is 0 Å². The van der Waals surface area contributed by atoms with E-state index in [2.05, 4.69) is 6.92 Å². The lowest BCUT2D eigenvalue weighted by molar-refractivity contribution is 0.347. The van der Waals surface area contributed by atoms with Gasteiger partial charge in [0.05, 0.1) is 12.1 Å². The molecule has 1 aromatic rings. The number of aliphatic hydroxyl groups excluding tert-OH is 1. The third kappa shape index (κ3) is 2.33. The first-order valence-corrected chi connectivity index (χ1v) is 6.05. The maximum Gasteiger partial charge on any atom is 0.132 e. The van der Waals surface area contributed by atoms with E-state index in [1.807, 2.05) is 35.2 Å². The minimum Gasteiger partial charge on any atom is -0.510 e. The van der Waals surface area contributed by atoms with Crippen LogP contribution in [-0.4, -0.2) is 28.9 Å². The molecule has 0 aromatic heterocycles. The van der Waals surface area contributed by atoms with Crippen LogP contribution in [0.1, 0.15) is 25.3 Å². The largest absolute Gasteiger partial charge is 0.510 e. The quantitative estimate of drug-likeness (QED) is 0.835. The van der Waals surface area contributed by atoms with Gasteiger partial charge in [-0.1, -0.05) is 43.7 Å². The van der Waals surface area contributed by atoms with Gasteiger partial charge in [-0.05, 0) is 12.0 Å². The Labute approximate surface area is 102 Å². The highest BCUT2D eigenvalue weighted by molar-refractivity contribution is 6.23. The zero-order valence-electron chi connectivity index (χ0n) is 10.1. The van der Waals surface area contributed by atoms with Crippen LogP contribution in [-0.2, 0) is 0 Å². The maximum atomic E-state index is 9.98. The van der Waals surface area contributed by atoms with E-state index in [4.69, 9.17) is 5.41 Å². The van der Waals surface area contributed by atoms with Crippen molar-refractivity contribution in [3.63, 3.8) is 0 Å². The van der Waals surface area contributed by atoms with Gasteiger partial charge >= 0.3 is 0 Å². The van der Waals surface area contributed by atoms with E-state index < -0.39 is 0 Å². The molecule has 0 fully saturated rings. The van der Waals surface area contributed by atoms with Crippen molar-refractivity contribution in [1.29, 1.82) is 5.41 Å². The fourth-order valence-electron chi connectivity index (χ4n) is 2.08. The Morgan fingerprint density at radius 3 is 2.65 bits per heavy atom. The van der Waals surface area contributed by atoms with Gasteiger partial charge in [0.15, 0.2) is 0 Å². The standard InChI is InChI=1S/C14H18N2O/c1-2-3-9-16-10-12(17)13(14(16)15)11-7-5-4-6-8-11/h4-8,15,17H,2-3,9-10H2,1H3. The van der Waals surface area contributed by atoms with Gasteiger partial charge in [-0.25, -0.2) is 0 Å². The highest BCUT2D eigenvalue weighted by Crippen LogP contribution is 2.26. The van der Waals surface area contributed by atoms with Crippen LogP contribution < -0.4 is 0 Å². The van der Waals surface area contributed by atoms with Crippen molar-refractivity contribution in [3.05, 3.63) is 41.7 Å². The molecule has 1 aliphatic rings. The Bertz CT molecular complexity index is 437. The normalized spacial score (nSPS) is 15.8. The Morgan fingerprint density at radius 1 is 1.29 bits per heavy atom. The Morgan fingerprint density at radius 2 is 2.00 bits per heavy atom. The average Bonchev–Trinajstić information content (AvgIpc) is 2.63. The second-order valence-electron chi connectivity index (χ2n) is 4.31. The molecule has 0 saturated carbocycles. The van der Waals surface area contributed by atoms with Gasteiger partial charge < -0.3 is 10.0 Å². The molecule has 0 spiro atoms. The molecule has 0 amide bonds. The van der Waals surface area contributed by atoms with Crippen LogP contribution in [0.2, 0.25) is 0 Å². The first-order chi connectivity index (χ1) is 8.24. The molecule has 0 aliphatic carbocycles. The van der Waals surface area contributed by atoms with Crippen LogP contribution in [0.25, 0.3) is 5.57 Å². The van der Waals surface area contributed by atoms with Gasteiger partial charge in [-0.3, -0.25) is 5.41 Å². The zero-order chi connectivity index (χ0) is 12.3. The van der Waals surface area contributed by atoms with Crippen molar-refractivity contribution in [2.24, 2.45) is 0 Å². The Kier molecular flexibility index (Phi) is 3.47. The molecule has 0 radical (unpaired) electrons. The van der Waals surface area contributed by atoms with E-state index in [-0.39, 0.29) is 0 Å². The third-order valence-corrected chi connectivity index (χ3v) is 3.03. The molecule has 1 heterocycles. The highest BCUT2D eigenvalue weighted by atomic mass is 16.3. The SMILES string of the molecule is CCCCN1CC(O)=C(c2ccccc2)C1=N. The summed E-state index contributed by atoms with van der Waals surface area (Å²) in [6, 6.07) is 9.66. The fraction of sp³-hybridized carbons (Fsp3) is 0.357. The fourth-order valence-corrected chi connectivity index (χ4v) is 2.08. The summed E-state index contributed by atoms with van der Waals surface area (Å²) < 4.78 is 0. The Hall–Kier alpha value is -1.77. The highest BCUT2D eigenvalue weighted by Gasteiger charge is 2.27. The predicted molar refractivity (Wildman–Crippen MR) is 70.2 cm³/mol. The van der Waals surface area contributed by atoms with Crippen molar-refractivity contribution < 1.29 is 5.11 Å². The molecule has 1 aromatic carbocycles. The number of hydrogen-bond acceptors (Lipinski definition) is 2. The summed E-state index contributed by atoms with van der Waals surface area (Å²) in [6.45, 7) is 3.45. The van der Waals surface area contributed by atoms with Crippen molar-refractivity contribution in [1.82, 2.24) is 4.90 Å². The number of hydrogen-bond donors (Lipinski definition) is 2. The monoisotopic (exact) mass is 230 g/mol. The van der Waals surface area contributed by atoms with E-state index in [9.17, 15) is 5.11 Å². The van der Waals surface area contributed by atoms with Crippen LogP contribution >= 0.6 is 0 Å². The average molecular weight is 230 g/mol. The summed E-state index contributed by atoms with van der Waals surface area (Å²) in [5.41, 5.74) is 1.61. The lowest BCUT2D eigenvalue weighted by atomic mass is 10.1. The molecule has 3 nitrogen and oxygen atoms in total. The van der Waals surface area contributed by atoms with Gasteiger partial charge in [0.1, 0.15) is 11.6 Å². The number of rotatable bonds is 4. The van der Waals surface area contributed by atoms with Gasteiger partial charge in [0, 0.05) is 6.54 Å². The first-order valence-electron chi connectivity index (χ1n) is 6.05. The lowest BCUT2D eigenvalue weighted by Crippen LogP contribution is -2.27. The van der Waals surface area contributed by atoms with Crippen molar-refractivity contribution in [2.75, 3.05) is 13.1 Å². The number of nitrogens with zero attached hydrogens (tertiary/aromatic N) is 1. The number of aliphatic hydroxyl groups is 1. The maximum absolute atomic E-state index is 9.98. The van der Waals surface area contributed by atoms with E-state index in [1.165, 1.54) is 0 Å². The molecule has 0 atom stereocenters. The molecular formula is C14H18N2O. The second kappa shape index (κ2) is 5.04. The van der Waals surface area contributed by atoms with Crippen molar-refractivity contribution >= 4 is 11.4 Å². The molecule has 0 bridgehead atoms. The van der Waals surface area contributed by atoms with E-state index in [1.54, 1.807) is 0 Å². The summed E-state index contributed by atoms with van der Waals surface area (Å²) in [6.07, 6.45) is 2.16. The van der Waals surface area contributed by atoms with Gasteiger partial charge in [0.25, 0.3) is 0 Å². The minimum absolute atomic E-state index is 0.317. The lowest BCUT2D eigenvalue weighted by Gasteiger charge is -2.18. The number of nitrogens with one attached hydrogen (secondary N) is 1. The van der Waals surface area contributed by atoms with Crippen LogP contribution in [0.15, 0.2) is 36.1 Å². The molecular weight excluding hydrogens is 212 g/mol.